The molecule has 0 saturated heterocycles. The van der Waals surface area contributed by atoms with Gasteiger partial charge in [-0.1, -0.05) is 19.1 Å². The third-order valence-electron chi connectivity index (χ3n) is 5.48. The molecule has 8 nitrogen and oxygen atoms in total. The van der Waals surface area contributed by atoms with E-state index in [-0.39, 0.29) is 6.09 Å². The lowest BCUT2D eigenvalue weighted by atomic mass is 9.75. The Kier molecular flexibility index (Phi) is 5.62. The molecule has 1 aromatic carbocycles. The van der Waals surface area contributed by atoms with Crippen molar-refractivity contribution in [2.45, 2.75) is 45.1 Å². The predicted molar refractivity (Wildman–Crippen MR) is 99.8 cm³/mol. The van der Waals surface area contributed by atoms with Gasteiger partial charge >= 0.3 is 6.09 Å². The summed E-state index contributed by atoms with van der Waals surface area (Å²) in [5.74, 6) is 1.91. The largest absolute Gasteiger partial charge is 0.494 e. The fourth-order valence-electron chi connectivity index (χ4n) is 3.79. The summed E-state index contributed by atoms with van der Waals surface area (Å²) in [5.41, 5.74) is 0.124. The van der Waals surface area contributed by atoms with E-state index >= 15 is 0 Å². The van der Waals surface area contributed by atoms with Crippen LogP contribution < -0.4 is 4.74 Å². The van der Waals surface area contributed by atoms with Gasteiger partial charge < -0.3 is 9.47 Å². The van der Waals surface area contributed by atoms with E-state index in [1.807, 2.05) is 24.3 Å². The molecule has 0 radical (unpaired) electrons. The molecule has 1 saturated carbocycles. The van der Waals surface area contributed by atoms with Crippen molar-refractivity contribution < 1.29 is 14.3 Å². The monoisotopic (exact) mass is 373 g/mol. The first-order valence-electron chi connectivity index (χ1n) is 9.36. The van der Waals surface area contributed by atoms with Gasteiger partial charge in [0.25, 0.3) is 0 Å². The molecule has 8 heteroatoms. The maximum atomic E-state index is 12.6. The maximum Gasteiger partial charge on any atom is 0.410 e. The van der Waals surface area contributed by atoms with Crippen molar-refractivity contribution in [3.8, 4) is 11.4 Å². The highest BCUT2D eigenvalue weighted by Gasteiger charge is 2.46. The minimum absolute atomic E-state index is 0.326. The van der Waals surface area contributed by atoms with E-state index in [1.54, 1.807) is 30.7 Å². The zero-order valence-electron chi connectivity index (χ0n) is 16.4. The molecule has 0 spiro atoms. The minimum atomic E-state index is -0.622. The summed E-state index contributed by atoms with van der Waals surface area (Å²) in [5, 5.41) is 12.5. The van der Waals surface area contributed by atoms with Crippen molar-refractivity contribution in [2.24, 2.45) is 5.92 Å². The van der Waals surface area contributed by atoms with E-state index in [9.17, 15) is 4.79 Å². The van der Waals surface area contributed by atoms with Gasteiger partial charge in [0.05, 0.1) is 13.7 Å². The first-order valence-corrected chi connectivity index (χ1v) is 9.36. The van der Waals surface area contributed by atoms with Crippen LogP contribution in [0.2, 0.25) is 0 Å². The standard InChI is InChI=1S/C19H27N5O3/c1-5-27-18(25)23(3)19(12-10-14(2)11-13-19)17-20-21-22-24(17)15-8-6-7-9-16(15)26-4/h6-9,14H,5,10-13H2,1-4H3. The Labute approximate surface area is 159 Å². The van der Waals surface area contributed by atoms with Gasteiger partial charge in [0.15, 0.2) is 5.82 Å². The van der Waals surface area contributed by atoms with Gasteiger partial charge in [0, 0.05) is 7.05 Å². The highest BCUT2D eigenvalue weighted by molar-refractivity contribution is 5.68. The van der Waals surface area contributed by atoms with Crippen molar-refractivity contribution in [3.63, 3.8) is 0 Å². The fourth-order valence-corrected chi connectivity index (χ4v) is 3.79. The van der Waals surface area contributed by atoms with Gasteiger partial charge in [0.2, 0.25) is 0 Å². The highest BCUT2D eigenvalue weighted by atomic mass is 16.6. The molecule has 0 atom stereocenters. The highest BCUT2D eigenvalue weighted by Crippen LogP contribution is 2.43. The molecule has 1 aliphatic rings. The van der Waals surface area contributed by atoms with Gasteiger partial charge in [-0.3, -0.25) is 4.90 Å². The topological polar surface area (TPSA) is 82.4 Å². The van der Waals surface area contributed by atoms with E-state index in [2.05, 4.69) is 22.4 Å². The molecule has 0 N–H and O–H groups in total. The minimum Gasteiger partial charge on any atom is -0.494 e. The van der Waals surface area contributed by atoms with Gasteiger partial charge in [0.1, 0.15) is 17.0 Å². The van der Waals surface area contributed by atoms with Crippen LogP contribution in [0, 0.1) is 5.92 Å². The van der Waals surface area contributed by atoms with Crippen molar-refractivity contribution in [3.05, 3.63) is 30.1 Å². The van der Waals surface area contributed by atoms with Crippen LogP contribution in [0.25, 0.3) is 5.69 Å². The molecular weight excluding hydrogens is 346 g/mol. The third kappa shape index (κ3) is 3.48. The molecule has 1 fully saturated rings. The number of hydrogen-bond acceptors (Lipinski definition) is 6. The molecule has 2 aromatic rings. The average molecular weight is 373 g/mol. The normalized spacial score (nSPS) is 22.3. The number of ether oxygens (including phenoxy) is 2. The molecule has 0 aliphatic heterocycles. The SMILES string of the molecule is CCOC(=O)N(C)C1(c2nnnn2-c2ccccc2OC)CCC(C)CC1. The summed E-state index contributed by atoms with van der Waals surface area (Å²) in [7, 11) is 3.39. The number of methoxy groups -OCH3 is 1. The lowest BCUT2D eigenvalue weighted by molar-refractivity contribution is 0.0310. The lowest BCUT2D eigenvalue weighted by Crippen LogP contribution is -2.51. The van der Waals surface area contributed by atoms with Crippen molar-refractivity contribution in [2.75, 3.05) is 20.8 Å². The molecule has 1 aromatic heterocycles. The summed E-state index contributed by atoms with van der Waals surface area (Å²) in [6, 6.07) is 7.58. The zero-order valence-corrected chi connectivity index (χ0v) is 16.4. The molecule has 0 bridgehead atoms. The molecule has 0 unspecified atom stereocenters. The second kappa shape index (κ2) is 7.94. The molecule has 27 heavy (non-hydrogen) atoms. The van der Waals surface area contributed by atoms with Crippen LogP contribution in [0.1, 0.15) is 45.4 Å². The van der Waals surface area contributed by atoms with Gasteiger partial charge in [-0.05, 0) is 61.1 Å². The second-order valence-corrected chi connectivity index (χ2v) is 7.06. The Hall–Kier alpha value is -2.64. The first kappa shape index (κ1) is 19.1. The predicted octanol–water partition coefficient (Wildman–Crippen LogP) is 3.16. The number of benzene rings is 1. The second-order valence-electron chi connectivity index (χ2n) is 7.06. The summed E-state index contributed by atoms with van der Waals surface area (Å²) < 4.78 is 12.5. The number of para-hydroxylation sites is 2. The van der Waals surface area contributed by atoms with E-state index in [1.165, 1.54) is 0 Å². The molecule has 3 rings (SSSR count). The van der Waals surface area contributed by atoms with Gasteiger partial charge in [-0.25, -0.2) is 4.79 Å². The van der Waals surface area contributed by atoms with Crippen LogP contribution in [-0.2, 0) is 10.3 Å². The smallest absolute Gasteiger partial charge is 0.410 e. The van der Waals surface area contributed by atoms with E-state index in [0.717, 1.165) is 31.4 Å². The number of carbonyl (C=O) groups excluding carboxylic acids is 1. The number of nitrogens with zero attached hydrogens (tertiary/aromatic N) is 5. The maximum absolute atomic E-state index is 12.6. The van der Waals surface area contributed by atoms with Crippen LogP contribution in [0.5, 0.6) is 5.75 Å². The number of hydrogen-bond donors (Lipinski definition) is 0. The van der Waals surface area contributed by atoms with E-state index in [0.29, 0.717) is 24.1 Å². The van der Waals surface area contributed by atoms with E-state index in [4.69, 9.17) is 9.47 Å². The molecule has 1 heterocycles. The van der Waals surface area contributed by atoms with Crippen LogP contribution >= 0.6 is 0 Å². The van der Waals surface area contributed by atoms with Crippen LogP contribution in [0.15, 0.2) is 24.3 Å². The number of tetrazole rings is 1. The van der Waals surface area contributed by atoms with Crippen LogP contribution in [0.3, 0.4) is 0 Å². The molecule has 1 amide bonds. The number of amides is 1. The molecule has 146 valence electrons. The average Bonchev–Trinajstić information content (AvgIpc) is 3.18. The van der Waals surface area contributed by atoms with Gasteiger partial charge in [-0.2, -0.15) is 4.68 Å². The van der Waals surface area contributed by atoms with Crippen LogP contribution in [-0.4, -0.2) is 52.0 Å². The Morgan fingerprint density at radius 1 is 1.33 bits per heavy atom. The van der Waals surface area contributed by atoms with Crippen LogP contribution in [0.4, 0.5) is 4.79 Å². The lowest BCUT2D eigenvalue weighted by Gasteiger charge is -2.44. The summed E-state index contributed by atoms with van der Waals surface area (Å²) >= 11 is 0. The van der Waals surface area contributed by atoms with E-state index < -0.39 is 5.54 Å². The van der Waals surface area contributed by atoms with Crippen molar-refractivity contribution >= 4 is 6.09 Å². The van der Waals surface area contributed by atoms with Crippen molar-refractivity contribution in [1.82, 2.24) is 25.1 Å². The number of carbonyl (C=O) groups is 1. The van der Waals surface area contributed by atoms with Gasteiger partial charge in [-0.15, -0.1) is 5.10 Å². The number of rotatable bonds is 5. The van der Waals surface area contributed by atoms with Crippen molar-refractivity contribution in [1.29, 1.82) is 0 Å². The quantitative estimate of drug-likeness (QED) is 0.801. The zero-order chi connectivity index (χ0) is 19.4. The number of aromatic nitrogens is 4. The first-order chi connectivity index (χ1) is 13.0. The Morgan fingerprint density at radius 3 is 2.70 bits per heavy atom. The Morgan fingerprint density at radius 2 is 2.04 bits per heavy atom. The Balaban J connectivity index is 2.09. The summed E-state index contributed by atoms with van der Waals surface area (Å²) in [6.07, 6.45) is 3.17. The molecular formula is C19H27N5O3. The Bertz CT molecular complexity index is 783. The summed E-state index contributed by atoms with van der Waals surface area (Å²) in [4.78, 5) is 14.3. The third-order valence-corrected chi connectivity index (χ3v) is 5.48. The molecule has 1 aliphatic carbocycles. The summed E-state index contributed by atoms with van der Waals surface area (Å²) in [6.45, 7) is 4.37. The fraction of sp³-hybridized carbons (Fsp3) is 0.579.